The molecule has 1 N–H and O–H groups in total. The van der Waals surface area contributed by atoms with E-state index in [4.69, 9.17) is 10.1 Å². The molecule has 1 aromatic carbocycles. The lowest BCUT2D eigenvalue weighted by Gasteiger charge is -2.65. The van der Waals surface area contributed by atoms with Crippen LogP contribution in [0.1, 0.15) is 18.7 Å². The second-order valence-electron chi connectivity index (χ2n) is 9.02. The normalized spacial score (nSPS) is 28.7. The molecule has 0 radical (unpaired) electrons. The SMILES string of the molecule is Cc1nsc(N2CC3C(Nc4nc5cncc(-c6ccccc6)n5n4)C4CCC43C2)n1. The summed E-state index contributed by atoms with van der Waals surface area (Å²) >= 11 is 1.52. The fourth-order valence-electron chi connectivity index (χ4n) is 6.06. The van der Waals surface area contributed by atoms with Crippen LogP contribution in [-0.4, -0.2) is 48.1 Å². The first-order chi connectivity index (χ1) is 15.2. The van der Waals surface area contributed by atoms with Gasteiger partial charge in [0, 0.05) is 42.1 Å². The molecular weight excluding hydrogens is 408 g/mol. The van der Waals surface area contributed by atoms with Crippen molar-refractivity contribution < 1.29 is 0 Å². The molecule has 1 spiro atoms. The first kappa shape index (κ1) is 17.6. The van der Waals surface area contributed by atoms with Gasteiger partial charge < -0.3 is 10.2 Å². The molecule has 4 heterocycles. The smallest absolute Gasteiger partial charge is 0.243 e. The average Bonchev–Trinajstić information content (AvgIpc) is 3.48. The molecule has 2 saturated carbocycles. The fraction of sp³-hybridized carbons (Fsp3) is 0.409. The third-order valence-corrected chi connectivity index (χ3v) is 8.44. The van der Waals surface area contributed by atoms with Crippen LogP contribution in [0.4, 0.5) is 11.1 Å². The molecule has 156 valence electrons. The Morgan fingerprint density at radius 1 is 1.13 bits per heavy atom. The lowest BCUT2D eigenvalue weighted by molar-refractivity contribution is -0.117. The maximum atomic E-state index is 4.81. The predicted molar refractivity (Wildman–Crippen MR) is 119 cm³/mol. The summed E-state index contributed by atoms with van der Waals surface area (Å²) in [6.45, 7) is 4.11. The van der Waals surface area contributed by atoms with Crippen LogP contribution in [0, 0.1) is 24.2 Å². The van der Waals surface area contributed by atoms with E-state index in [1.165, 1.54) is 24.4 Å². The summed E-state index contributed by atoms with van der Waals surface area (Å²) in [5.41, 5.74) is 3.23. The molecule has 1 saturated heterocycles. The van der Waals surface area contributed by atoms with Crippen LogP contribution in [0.3, 0.4) is 0 Å². The molecule has 8 nitrogen and oxygen atoms in total. The van der Waals surface area contributed by atoms with Crippen molar-refractivity contribution in [1.82, 2.24) is 28.9 Å². The van der Waals surface area contributed by atoms with Crippen molar-refractivity contribution in [2.75, 3.05) is 23.3 Å². The van der Waals surface area contributed by atoms with Crippen molar-refractivity contribution in [3.8, 4) is 11.3 Å². The van der Waals surface area contributed by atoms with Gasteiger partial charge in [0.05, 0.1) is 18.1 Å². The Hall–Kier alpha value is -3.07. The standard InChI is InChI=1S/C22H22N8S/c1-13-24-21(31-28-13)29-11-16-19(15-7-8-22(15,16)12-29)26-20-25-18-10-23-9-17(30(18)27-20)14-5-3-2-4-6-14/h2-6,9-10,15-16,19H,7-8,11-12H2,1H3,(H,26,27). The van der Waals surface area contributed by atoms with Crippen LogP contribution in [0.25, 0.3) is 16.9 Å². The van der Waals surface area contributed by atoms with Crippen LogP contribution >= 0.6 is 11.5 Å². The summed E-state index contributed by atoms with van der Waals surface area (Å²) < 4.78 is 6.27. The second kappa shape index (κ2) is 6.23. The minimum atomic E-state index is 0.415. The molecule has 9 heteroatoms. The average molecular weight is 431 g/mol. The molecular formula is C22H22N8S. The van der Waals surface area contributed by atoms with Gasteiger partial charge in [-0.25, -0.2) is 9.50 Å². The highest BCUT2D eigenvalue weighted by Crippen LogP contribution is 2.68. The number of fused-ring (bicyclic) bond motifs is 1. The third kappa shape index (κ3) is 2.43. The Balaban J connectivity index is 1.17. The number of hydrogen-bond donors (Lipinski definition) is 1. The van der Waals surface area contributed by atoms with E-state index < -0.39 is 0 Å². The zero-order valence-corrected chi connectivity index (χ0v) is 18.0. The predicted octanol–water partition coefficient (Wildman–Crippen LogP) is 3.28. The van der Waals surface area contributed by atoms with Gasteiger partial charge in [0.15, 0.2) is 5.65 Å². The number of nitrogens with one attached hydrogen (secondary N) is 1. The first-order valence-corrected chi connectivity index (χ1v) is 11.6. The van der Waals surface area contributed by atoms with E-state index in [2.05, 4.69) is 36.7 Å². The number of rotatable bonds is 4. The molecule has 4 aromatic rings. The van der Waals surface area contributed by atoms with E-state index in [1.54, 1.807) is 6.20 Å². The van der Waals surface area contributed by atoms with Gasteiger partial charge in [-0.3, -0.25) is 4.98 Å². The van der Waals surface area contributed by atoms with Crippen LogP contribution < -0.4 is 10.2 Å². The van der Waals surface area contributed by atoms with E-state index in [1.807, 2.05) is 35.8 Å². The maximum absolute atomic E-state index is 4.81. The van der Waals surface area contributed by atoms with Crippen LogP contribution in [0.2, 0.25) is 0 Å². The second-order valence-corrected chi connectivity index (χ2v) is 9.75. The number of anilines is 2. The molecule has 0 bridgehead atoms. The summed E-state index contributed by atoms with van der Waals surface area (Å²) in [5.74, 6) is 2.86. The Labute approximate surface area is 183 Å². The lowest BCUT2D eigenvalue weighted by Crippen LogP contribution is -2.68. The summed E-state index contributed by atoms with van der Waals surface area (Å²) in [4.78, 5) is 16.2. The highest BCUT2D eigenvalue weighted by molar-refractivity contribution is 7.09. The third-order valence-electron chi connectivity index (χ3n) is 7.57. The van der Waals surface area contributed by atoms with Crippen LogP contribution in [-0.2, 0) is 0 Å². The van der Waals surface area contributed by atoms with E-state index in [0.717, 1.165) is 41.0 Å². The Morgan fingerprint density at radius 2 is 2.03 bits per heavy atom. The summed E-state index contributed by atoms with van der Waals surface area (Å²) in [7, 11) is 0. The van der Waals surface area contributed by atoms with Crippen LogP contribution in [0.15, 0.2) is 42.7 Å². The molecule has 3 aromatic heterocycles. The Bertz CT molecular complexity index is 1280. The topological polar surface area (TPSA) is 84.1 Å². The van der Waals surface area contributed by atoms with Gasteiger partial charge in [0.25, 0.3) is 0 Å². The van der Waals surface area contributed by atoms with Crippen molar-refractivity contribution >= 4 is 28.3 Å². The molecule has 3 aliphatic rings. The molecule has 3 fully saturated rings. The maximum Gasteiger partial charge on any atom is 0.243 e. The zero-order chi connectivity index (χ0) is 20.6. The van der Waals surface area contributed by atoms with Gasteiger partial charge in [-0.1, -0.05) is 30.3 Å². The fourth-order valence-corrected chi connectivity index (χ4v) is 6.74. The van der Waals surface area contributed by atoms with Crippen LogP contribution in [0.5, 0.6) is 0 Å². The summed E-state index contributed by atoms with van der Waals surface area (Å²) in [6, 6.07) is 10.6. The van der Waals surface area contributed by atoms with Gasteiger partial charge in [-0.2, -0.15) is 9.36 Å². The van der Waals surface area contributed by atoms with Gasteiger partial charge in [0.1, 0.15) is 5.82 Å². The Morgan fingerprint density at radius 3 is 2.81 bits per heavy atom. The van der Waals surface area contributed by atoms with Gasteiger partial charge >= 0.3 is 0 Å². The monoisotopic (exact) mass is 430 g/mol. The minimum absolute atomic E-state index is 0.415. The van der Waals surface area contributed by atoms with Crippen molar-refractivity contribution in [3.05, 3.63) is 48.5 Å². The number of nitrogens with zero attached hydrogens (tertiary/aromatic N) is 7. The molecule has 4 atom stereocenters. The van der Waals surface area contributed by atoms with E-state index in [0.29, 0.717) is 29.2 Å². The summed E-state index contributed by atoms with van der Waals surface area (Å²) in [5, 5.41) is 9.56. The number of benzene rings is 1. The molecule has 0 amide bonds. The van der Waals surface area contributed by atoms with E-state index in [-0.39, 0.29) is 0 Å². The van der Waals surface area contributed by atoms with E-state index in [9.17, 15) is 0 Å². The van der Waals surface area contributed by atoms with E-state index >= 15 is 0 Å². The van der Waals surface area contributed by atoms with Crippen molar-refractivity contribution in [2.24, 2.45) is 17.3 Å². The molecule has 7 rings (SSSR count). The molecule has 1 aliphatic heterocycles. The minimum Gasteiger partial charge on any atom is -0.350 e. The highest BCUT2D eigenvalue weighted by atomic mass is 32.1. The van der Waals surface area contributed by atoms with Crippen molar-refractivity contribution in [1.29, 1.82) is 0 Å². The number of aryl methyl sites for hydroxylation is 1. The van der Waals surface area contributed by atoms with Gasteiger partial charge in [-0.05, 0) is 31.1 Å². The van der Waals surface area contributed by atoms with Crippen molar-refractivity contribution in [3.63, 3.8) is 0 Å². The Kier molecular flexibility index (Phi) is 3.53. The molecule has 31 heavy (non-hydrogen) atoms. The van der Waals surface area contributed by atoms with Crippen molar-refractivity contribution in [2.45, 2.75) is 25.8 Å². The number of aromatic nitrogens is 6. The largest absolute Gasteiger partial charge is 0.350 e. The lowest BCUT2D eigenvalue weighted by atomic mass is 9.41. The quantitative estimate of drug-likeness (QED) is 0.532. The highest BCUT2D eigenvalue weighted by Gasteiger charge is 2.70. The number of hydrogen-bond acceptors (Lipinski definition) is 8. The first-order valence-electron chi connectivity index (χ1n) is 10.8. The van der Waals surface area contributed by atoms with Gasteiger partial charge in [0.2, 0.25) is 11.1 Å². The zero-order valence-electron chi connectivity index (χ0n) is 17.1. The summed E-state index contributed by atoms with van der Waals surface area (Å²) in [6.07, 6.45) is 6.21. The molecule has 2 aliphatic carbocycles. The van der Waals surface area contributed by atoms with Gasteiger partial charge in [-0.15, -0.1) is 5.10 Å². The molecule has 4 unspecified atom stereocenters.